The highest BCUT2D eigenvalue weighted by atomic mass is 127. The third-order valence-electron chi connectivity index (χ3n) is 4.85. The third kappa shape index (κ3) is 6.02. The van der Waals surface area contributed by atoms with Crippen molar-refractivity contribution in [2.45, 2.75) is 25.9 Å². The number of anilines is 1. The Kier molecular flexibility index (Phi) is 8.88. The van der Waals surface area contributed by atoms with E-state index in [2.05, 4.69) is 44.7 Å². The molecule has 0 spiro atoms. The van der Waals surface area contributed by atoms with Gasteiger partial charge in [-0.2, -0.15) is 5.10 Å². The van der Waals surface area contributed by atoms with Crippen LogP contribution in [0.5, 0.6) is 5.75 Å². The summed E-state index contributed by atoms with van der Waals surface area (Å²) in [4.78, 5) is 6.75. The Morgan fingerprint density at radius 1 is 1.36 bits per heavy atom. The summed E-state index contributed by atoms with van der Waals surface area (Å²) < 4.78 is 7.46. The maximum atomic E-state index is 5.50. The van der Waals surface area contributed by atoms with Crippen molar-refractivity contribution in [3.8, 4) is 5.75 Å². The van der Waals surface area contributed by atoms with E-state index in [-0.39, 0.29) is 24.0 Å². The zero-order valence-corrected chi connectivity index (χ0v) is 19.2. The van der Waals surface area contributed by atoms with Gasteiger partial charge in [0.15, 0.2) is 5.96 Å². The first-order valence-electron chi connectivity index (χ1n) is 9.52. The minimum absolute atomic E-state index is 0. The molecule has 8 heteroatoms. The fourth-order valence-electron chi connectivity index (χ4n) is 3.44. The highest BCUT2D eigenvalue weighted by Gasteiger charge is 2.25. The molecule has 2 unspecified atom stereocenters. The SMILES string of the molecule is CN=C(NCC(C)Cn1cccn1)NC1CCN(c2ccccc2OC)C1.I. The second kappa shape index (κ2) is 11.1. The van der Waals surface area contributed by atoms with Crippen LogP contribution in [0.25, 0.3) is 0 Å². The van der Waals surface area contributed by atoms with Gasteiger partial charge in [-0.3, -0.25) is 9.67 Å². The molecule has 0 bridgehead atoms. The van der Waals surface area contributed by atoms with E-state index in [1.807, 2.05) is 42.3 Å². The van der Waals surface area contributed by atoms with E-state index < -0.39 is 0 Å². The maximum Gasteiger partial charge on any atom is 0.191 e. The molecular weight excluding hydrogens is 467 g/mol. The van der Waals surface area contributed by atoms with E-state index in [0.717, 1.165) is 50.0 Å². The summed E-state index contributed by atoms with van der Waals surface area (Å²) in [5.74, 6) is 2.24. The summed E-state index contributed by atoms with van der Waals surface area (Å²) in [5, 5.41) is 11.3. The summed E-state index contributed by atoms with van der Waals surface area (Å²) in [6.07, 6.45) is 4.88. The van der Waals surface area contributed by atoms with Crippen LogP contribution in [0.2, 0.25) is 0 Å². The number of nitrogens with one attached hydrogen (secondary N) is 2. The predicted octanol–water partition coefficient (Wildman–Crippen LogP) is 2.59. The lowest BCUT2D eigenvalue weighted by molar-refractivity contribution is 0.415. The Hall–Kier alpha value is -1.97. The molecule has 0 radical (unpaired) electrons. The van der Waals surface area contributed by atoms with Gasteiger partial charge in [-0.05, 0) is 30.5 Å². The third-order valence-corrected chi connectivity index (χ3v) is 4.85. The van der Waals surface area contributed by atoms with Crippen molar-refractivity contribution in [2.75, 3.05) is 38.7 Å². The average Bonchev–Trinajstić information content (AvgIpc) is 3.37. The molecule has 1 aliphatic heterocycles. The van der Waals surface area contributed by atoms with Gasteiger partial charge in [-0.1, -0.05) is 19.1 Å². The Morgan fingerprint density at radius 3 is 2.89 bits per heavy atom. The number of guanidine groups is 1. The van der Waals surface area contributed by atoms with Crippen LogP contribution >= 0.6 is 24.0 Å². The van der Waals surface area contributed by atoms with Crippen LogP contribution in [-0.4, -0.2) is 55.6 Å². The second-order valence-corrected chi connectivity index (χ2v) is 7.03. The fourth-order valence-corrected chi connectivity index (χ4v) is 3.44. The van der Waals surface area contributed by atoms with Crippen molar-refractivity contribution < 1.29 is 4.74 Å². The van der Waals surface area contributed by atoms with E-state index in [1.54, 1.807) is 7.11 Å². The van der Waals surface area contributed by atoms with E-state index >= 15 is 0 Å². The summed E-state index contributed by atoms with van der Waals surface area (Å²) >= 11 is 0. The molecule has 2 atom stereocenters. The monoisotopic (exact) mass is 498 g/mol. The van der Waals surface area contributed by atoms with Crippen LogP contribution in [0, 0.1) is 5.92 Å². The van der Waals surface area contributed by atoms with Gasteiger partial charge in [0.1, 0.15) is 5.75 Å². The van der Waals surface area contributed by atoms with Crippen LogP contribution < -0.4 is 20.3 Å². The lowest BCUT2D eigenvalue weighted by Crippen LogP contribution is -2.46. The molecule has 1 saturated heterocycles. The lowest BCUT2D eigenvalue weighted by Gasteiger charge is -2.22. The summed E-state index contributed by atoms with van der Waals surface area (Å²) in [6, 6.07) is 10.5. The zero-order valence-electron chi connectivity index (χ0n) is 16.8. The van der Waals surface area contributed by atoms with Crippen LogP contribution in [0.4, 0.5) is 5.69 Å². The second-order valence-electron chi connectivity index (χ2n) is 7.03. The molecule has 7 nitrogen and oxygen atoms in total. The number of rotatable bonds is 7. The number of aliphatic imine (C=N–C) groups is 1. The highest BCUT2D eigenvalue weighted by Crippen LogP contribution is 2.30. The van der Waals surface area contributed by atoms with Crippen LogP contribution in [-0.2, 0) is 6.54 Å². The van der Waals surface area contributed by atoms with Gasteiger partial charge in [0.25, 0.3) is 0 Å². The van der Waals surface area contributed by atoms with Gasteiger partial charge in [-0.25, -0.2) is 0 Å². The topological polar surface area (TPSA) is 66.7 Å². The number of hydrogen-bond donors (Lipinski definition) is 2. The summed E-state index contributed by atoms with van der Waals surface area (Å²) in [7, 11) is 3.54. The van der Waals surface area contributed by atoms with Crippen molar-refractivity contribution in [3.05, 3.63) is 42.7 Å². The molecule has 0 aliphatic carbocycles. The number of hydrogen-bond acceptors (Lipinski definition) is 4. The van der Waals surface area contributed by atoms with Crippen LogP contribution in [0.3, 0.4) is 0 Å². The van der Waals surface area contributed by atoms with Crippen molar-refractivity contribution in [2.24, 2.45) is 10.9 Å². The van der Waals surface area contributed by atoms with Crippen LogP contribution in [0.15, 0.2) is 47.7 Å². The Balaban J connectivity index is 0.00000280. The normalized spacial score (nSPS) is 17.8. The van der Waals surface area contributed by atoms with Gasteiger partial charge < -0.3 is 20.3 Å². The molecule has 1 fully saturated rings. The molecule has 1 aromatic carbocycles. The molecule has 0 saturated carbocycles. The number of nitrogens with zero attached hydrogens (tertiary/aromatic N) is 4. The van der Waals surface area contributed by atoms with Crippen molar-refractivity contribution >= 4 is 35.6 Å². The van der Waals surface area contributed by atoms with Crippen molar-refractivity contribution in [1.29, 1.82) is 0 Å². The number of benzene rings is 1. The Morgan fingerprint density at radius 2 is 2.18 bits per heavy atom. The molecule has 28 heavy (non-hydrogen) atoms. The number of aromatic nitrogens is 2. The summed E-state index contributed by atoms with van der Waals surface area (Å²) in [5.41, 5.74) is 1.15. The molecule has 1 aromatic heterocycles. The molecule has 3 rings (SSSR count). The van der Waals surface area contributed by atoms with Crippen molar-refractivity contribution in [3.63, 3.8) is 0 Å². The van der Waals surface area contributed by atoms with Crippen LogP contribution in [0.1, 0.15) is 13.3 Å². The molecular formula is C20H31IN6O. The molecule has 2 aromatic rings. The smallest absolute Gasteiger partial charge is 0.191 e. The minimum atomic E-state index is 0. The van der Waals surface area contributed by atoms with E-state index in [0.29, 0.717) is 12.0 Å². The zero-order chi connectivity index (χ0) is 19.1. The number of ether oxygens (including phenoxy) is 1. The molecule has 0 amide bonds. The number of halogens is 1. The molecule has 2 N–H and O–H groups in total. The molecule has 1 aliphatic rings. The highest BCUT2D eigenvalue weighted by molar-refractivity contribution is 14.0. The van der Waals surface area contributed by atoms with E-state index in [1.165, 1.54) is 0 Å². The fraction of sp³-hybridized carbons (Fsp3) is 0.500. The number of methoxy groups -OCH3 is 1. The van der Waals surface area contributed by atoms with E-state index in [4.69, 9.17) is 4.74 Å². The lowest BCUT2D eigenvalue weighted by atomic mass is 10.2. The first kappa shape index (κ1) is 22.3. The summed E-state index contributed by atoms with van der Waals surface area (Å²) in [6.45, 7) is 5.89. The van der Waals surface area contributed by atoms with Gasteiger partial charge in [0, 0.05) is 51.7 Å². The first-order valence-corrected chi connectivity index (χ1v) is 9.52. The minimum Gasteiger partial charge on any atom is -0.495 e. The maximum absolute atomic E-state index is 5.50. The Labute approximate surface area is 184 Å². The predicted molar refractivity (Wildman–Crippen MR) is 125 cm³/mol. The van der Waals surface area contributed by atoms with E-state index in [9.17, 15) is 0 Å². The largest absolute Gasteiger partial charge is 0.495 e. The van der Waals surface area contributed by atoms with Gasteiger partial charge >= 0.3 is 0 Å². The Bertz CT molecular complexity index is 736. The van der Waals surface area contributed by atoms with Gasteiger partial charge in [-0.15, -0.1) is 24.0 Å². The average molecular weight is 498 g/mol. The van der Waals surface area contributed by atoms with Gasteiger partial charge in [0.2, 0.25) is 0 Å². The first-order chi connectivity index (χ1) is 13.2. The molecule has 154 valence electrons. The van der Waals surface area contributed by atoms with Crippen molar-refractivity contribution in [1.82, 2.24) is 20.4 Å². The van der Waals surface area contributed by atoms with Gasteiger partial charge in [0.05, 0.1) is 12.8 Å². The number of para-hydroxylation sites is 2. The quantitative estimate of drug-likeness (QED) is 0.349. The standard InChI is InChI=1S/C20H30N6O.HI/c1-16(14-26-11-6-10-23-26)13-22-20(21-2)24-17-9-12-25(15-17)18-7-4-5-8-19(18)27-3;/h4-8,10-11,16-17H,9,12-15H2,1-3H3,(H2,21,22,24);1H. The molecule has 2 heterocycles.